The van der Waals surface area contributed by atoms with Gasteiger partial charge in [-0.1, -0.05) is 91.0 Å². The first-order chi connectivity index (χ1) is 13.3. The van der Waals surface area contributed by atoms with E-state index in [1.807, 2.05) is 0 Å². The molecule has 0 unspecified atom stereocenters. The van der Waals surface area contributed by atoms with Crippen molar-refractivity contribution in [2.24, 2.45) is 5.73 Å². The van der Waals surface area contributed by atoms with Gasteiger partial charge in [0, 0.05) is 12.1 Å². The van der Waals surface area contributed by atoms with Gasteiger partial charge in [-0.2, -0.15) is 0 Å². The lowest BCUT2D eigenvalue weighted by atomic mass is 9.75. The minimum Gasteiger partial charge on any atom is -0.328 e. The summed E-state index contributed by atoms with van der Waals surface area (Å²) in [5, 5.41) is 4.08. The van der Waals surface area contributed by atoms with Gasteiger partial charge in [0.25, 0.3) is 0 Å². The first kappa shape index (κ1) is 18.0. The topological polar surface area (TPSA) is 38.0 Å². The molecule has 3 N–H and O–H groups in total. The summed E-state index contributed by atoms with van der Waals surface area (Å²) in [6.45, 7) is 0. The van der Waals surface area contributed by atoms with Crippen LogP contribution >= 0.6 is 0 Å². The Morgan fingerprint density at radius 2 is 0.963 bits per heavy atom. The zero-order valence-corrected chi connectivity index (χ0v) is 15.7. The van der Waals surface area contributed by atoms with Crippen molar-refractivity contribution in [2.45, 2.75) is 43.3 Å². The van der Waals surface area contributed by atoms with Crippen molar-refractivity contribution in [3.05, 3.63) is 108 Å². The highest BCUT2D eigenvalue weighted by molar-refractivity contribution is 5.49. The van der Waals surface area contributed by atoms with Crippen LogP contribution < -0.4 is 11.1 Å². The molecule has 27 heavy (non-hydrogen) atoms. The zero-order chi connectivity index (χ0) is 18.5. The summed E-state index contributed by atoms with van der Waals surface area (Å²) in [7, 11) is 0. The molecule has 0 bridgehead atoms. The highest BCUT2D eigenvalue weighted by Gasteiger charge is 2.38. The third-order valence-electron chi connectivity index (χ3n) is 5.81. The Balaban J connectivity index is 1.86. The van der Waals surface area contributed by atoms with E-state index < -0.39 is 0 Å². The number of hydrogen-bond donors (Lipinski definition) is 2. The monoisotopic (exact) mass is 356 g/mol. The Kier molecular flexibility index (Phi) is 5.38. The molecule has 0 amide bonds. The zero-order valence-electron chi connectivity index (χ0n) is 15.7. The summed E-state index contributed by atoms with van der Waals surface area (Å²) in [4.78, 5) is 0. The molecule has 138 valence electrons. The average Bonchev–Trinajstić information content (AvgIpc) is 2.75. The molecule has 1 saturated carbocycles. The number of nitrogens with one attached hydrogen (secondary N) is 1. The lowest BCUT2D eigenvalue weighted by Crippen LogP contribution is -2.51. The molecule has 1 aliphatic rings. The summed E-state index contributed by atoms with van der Waals surface area (Å²) >= 11 is 0. The highest BCUT2D eigenvalue weighted by atomic mass is 15.0. The van der Waals surface area contributed by atoms with E-state index in [1.165, 1.54) is 16.7 Å². The molecule has 1 fully saturated rings. The van der Waals surface area contributed by atoms with Crippen molar-refractivity contribution in [3.8, 4) is 0 Å². The summed E-state index contributed by atoms with van der Waals surface area (Å²) < 4.78 is 0. The largest absolute Gasteiger partial charge is 0.328 e. The molecule has 2 heteroatoms. The maximum atomic E-state index is 6.17. The van der Waals surface area contributed by atoms with Gasteiger partial charge in [-0.25, -0.2) is 0 Å². The van der Waals surface area contributed by atoms with Crippen LogP contribution in [0.1, 0.15) is 42.4 Å². The number of nitrogens with two attached hydrogens (primary N) is 1. The third kappa shape index (κ3) is 3.69. The Bertz CT molecular complexity index is 725. The SMILES string of the molecule is N[C@H]1CC[C@H](NC(c2ccccc2)(c2ccccc2)c2ccccc2)CC1. The van der Waals surface area contributed by atoms with E-state index in [4.69, 9.17) is 5.73 Å². The molecule has 0 atom stereocenters. The molecule has 2 nitrogen and oxygen atoms in total. The van der Waals surface area contributed by atoms with Crippen LogP contribution in [0.5, 0.6) is 0 Å². The molecule has 3 aromatic carbocycles. The maximum Gasteiger partial charge on any atom is 0.0950 e. The van der Waals surface area contributed by atoms with Gasteiger partial charge in [0.05, 0.1) is 5.54 Å². The molecule has 0 aromatic heterocycles. The second-order valence-electron chi connectivity index (χ2n) is 7.60. The van der Waals surface area contributed by atoms with Crippen LogP contribution in [0, 0.1) is 0 Å². The fraction of sp³-hybridized carbons (Fsp3) is 0.280. The molecule has 3 aromatic rings. The Morgan fingerprint density at radius 3 is 1.33 bits per heavy atom. The van der Waals surface area contributed by atoms with Crippen LogP contribution in [0.4, 0.5) is 0 Å². The molecular formula is C25H28N2. The van der Waals surface area contributed by atoms with E-state index in [0.717, 1.165) is 25.7 Å². The van der Waals surface area contributed by atoms with E-state index in [0.29, 0.717) is 12.1 Å². The number of benzene rings is 3. The molecular weight excluding hydrogens is 328 g/mol. The molecule has 0 aliphatic heterocycles. The molecule has 1 aliphatic carbocycles. The fourth-order valence-corrected chi connectivity index (χ4v) is 4.38. The number of hydrogen-bond acceptors (Lipinski definition) is 2. The summed E-state index contributed by atoms with van der Waals surface area (Å²) in [6, 6.07) is 33.3. The van der Waals surface area contributed by atoms with Gasteiger partial charge in [0.1, 0.15) is 0 Å². The van der Waals surface area contributed by atoms with Crippen molar-refractivity contribution in [1.29, 1.82) is 0 Å². The third-order valence-corrected chi connectivity index (χ3v) is 5.81. The molecule has 4 rings (SSSR count). The average molecular weight is 357 g/mol. The highest BCUT2D eigenvalue weighted by Crippen LogP contribution is 2.38. The van der Waals surface area contributed by atoms with Crippen molar-refractivity contribution in [1.82, 2.24) is 5.32 Å². The standard InChI is InChI=1S/C25H28N2/c26-23-16-18-24(19-17-23)27-25(20-10-4-1-5-11-20,21-12-6-2-7-13-21)22-14-8-3-9-15-22/h1-15,23-24,27H,16-19,26H2/t23-,24-. The van der Waals surface area contributed by atoms with Crippen LogP contribution in [0.2, 0.25) is 0 Å². The lowest BCUT2D eigenvalue weighted by molar-refractivity contribution is 0.295. The van der Waals surface area contributed by atoms with E-state index in [2.05, 4.69) is 96.3 Å². The van der Waals surface area contributed by atoms with Crippen LogP contribution in [0.25, 0.3) is 0 Å². The van der Waals surface area contributed by atoms with Gasteiger partial charge >= 0.3 is 0 Å². The predicted octanol–water partition coefficient (Wildman–Crippen LogP) is 4.84. The quantitative estimate of drug-likeness (QED) is 0.642. The van der Waals surface area contributed by atoms with Crippen LogP contribution in [-0.4, -0.2) is 12.1 Å². The smallest absolute Gasteiger partial charge is 0.0950 e. The molecule has 0 spiro atoms. The fourth-order valence-electron chi connectivity index (χ4n) is 4.38. The van der Waals surface area contributed by atoms with Gasteiger partial charge < -0.3 is 5.73 Å². The van der Waals surface area contributed by atoms with Crippen molar-refractivity contribution in [2.75, 3.05) is 0 Å². The van der Waals surface area contributed by atoms with E-state index >= 15 is 0 Å². The normalized spacial score (nSPS) is 20.3. The molecule has 0 radical (unpaired) electrons. The lowest BCUT2D eigenvalue weighted by Gasteiger charge is -2.42. The summed E-state index contributed by atoms with van der Waals surface area (Å²) in [6.07, 6.45) is 4.42. The predicted molar refractivity (Wildman–Crippen MR) is 113 cm³/mol. The van der Waals surface area contributed by atoms with E-state index in [-0.39, 0.29) is 5.54 Å². The Labute approximate surface area is 162 Å². The molecule has 0 saturated heterocycles. The maximum absolute atomic E-state index is 6.17. The van der Waals surface area contributed by atoms with Gasteiger partial charge in [-0.15, -0.1) is 0 Å². The Hall–Kier alpha value is -2.42. The summed E-state index contributed by atoms with van der Waals surface area (Å²) in [5.41, 5.74) is 9.63. The van der Waals surface area contributed by atoms with Gasteiger partial charge in [0.2, 0.25) is 0 Å². The first-order valence-corrected chi connectivity index (χ1v) is 9.99. The van der Waals surface area contributed by atoms with Crippen LogP contribution in [0.15, 0.2) is 91.0 Å². The second kappa shape index (κ2) is 8.08. The van der Waals surface area contributed by atoms with Gasteiger partial charge in [-0.05, 0) is 42.4 Å². The first-order valence-electron chi connectivity index (χ1n) is 9.99. The van der Waals surface area contributed by atoms with Gasteiger partial charge in [0.15, 0.2) is 0 Å². The summed E-state index contributed by atoms with van der Waals surface area (Å²) in [5.74, 6) is 0. The van der Waals surface area contributed by atoms with Crippen molar-refractivity contribution >= 4 is 0 Å². The minimum atomic E-state index is -0.365. The molecule has 0 heterocycles. The minimum absolute atomic E-state index is 0.350. The second-order valence-corrected chi connectivity index (χ2v) is 7.60. The van der Waals surface area contributed by atoms with Crippen molar-refractivity contribution in [3.63, 3.8) is 0 Å². The van der Waals surface area contributed by atoms with E-state index in [1.54, 1.807) is 0 Å². The van der Waals surface area contributed by atoms with Crippen LogP contribution in [0.3, 0.4) is 0 Å². The van der Waals surface area contributed by atoms with Crippen molar-refractivity contribution < 1.29 is 0 Å². The Morgan fingerprint density at radius 1 is 0.593 bits per heavy atom. The van der Waals surface area contributed by atoms with E-state index in [9.17, 15) is 0 Å². The van der Waals surface area contributed by atoms with Gasteiger partial charge in [-0.3, -0.25) is 5.32 Å². The number of rotatable bonds is 5. The van der Waals surface area contributed by atoms with Crippen LogP contribution in [-0.2, 0) is 5.54 Å².